The highest BCUT2D eigenvalue weighted by Gasteiger charge is 2.27. The van der Waals surface area contributed by atoms with Gasteiger partial charge in [-0.05, 0) is 30.5 Å². The highest BCUT2D eigenvalue weighted by Crippen LogP contribution is 2.19. The number of carbonyl (C=O) groups excluding carboxylic acids is 2. The fourth-order valence-electron chi connectivity index (χ4n) is 3.08. The van der Waals surface area contributed by atoms with Gasteiger partial charge in [-0.25, -0.2) is 0 Å². The van der Waals surface area contributed by atoms with E-state index in [1.54, 1.807) is 4.90 Å². The summed E-state index contributed by atoms with van der Waals surface area (Å²) in [6.07, 6.45) is 1.37. The Morgan fingerprint density at radius 3 is 2.23 bits per heavy atom. The Hall–Kier alpha value is -2.66. The summed E-state index contributed by atoms with van der Waals surface area (Å²) >= 11 is 0. The number of anilines is 1. The van der Waals surface area contributed by atoms with E-state index >= 15 is 0 Å². The molecular formula is C21H24N2O3. The maximum Gasteiger partial charge on any atom is 0.248 e. The molecule has 5 nitrogen and oxygen atoms in total. The summed E-state index contributed by atoms with van der Waals surface area (Å²) in [6.45, 7) is 1.71. The quantitative estimate of drug-likeness (QED) is 0.869. The minimum absolute atomic E-state index is 0.0113. The average Bonchev–Trinajstić information content (AvgIpc) is 2.69. The van der Waals surface area contributed by atoms with Gasteiger partial charge in [0.25, 0.3) is 0 Å². The Balaban J connectivity index is 1.38. The van der Waals surface area contributed by atoms with Crippen LogP contribution < -0.4 is 5.32 Å². The fourth-order valence-corrected chi connectivity index (χ4v) is 3.08. The summed E-state index contributed by atoms with van der Waals surface area (Å²) in [5.74, 6) is -0.0315. The number of ether oxygens (including phenoxy) is 1. The first-order chi connectivity index (χ1) is 12.7. The van der Waals surface area contributed by atoms with Crippen molar-refractivity contribution in [3.05, 3.63) is 66.2 Å². The van der Waals surface area contributed by atoms with Crippen molar-refractivity contribution in [3.8, 4) is 0 Å². The van der Waals surface area contributed by atoms with E-state index in [1.165, 1.54) is 0 Å². The summed E-state index contributed by atoms with van der Waals surface area (Å²) < 4.78 is 5.52. The normalized spacial score (nSPS) is 14.8. The molecule has 0 saturated carbocycles. The molecule has 1 fully saturated rings. The molecule has 2 amide bonds. The van der Waals surface area contributed by atoms with Crippen LogP contribution in [0.1, 0.15) is 18.4 Å². The number of hydrogen-bond donors (Lipinski definition) is 1. The van der Waals surface area contributed by atoms with Crippen LogP contribution in [0.2, 0.25) is 0 Å². The molecule has 2 aromatic carbocycles. The SMILES string of the molecule is O=C(Nc1ccccc1)C1CCN(C(=O)COCc2ccccc2)CC1. The first-order valence-electron chi connectivity index (χ1n) is 8.98. The van der Waals surface area contributed by atoms with Crippen LogP contribution >= 0.6 is 0 Å². The van der Waals surface area contributed by atoms with Gasteiger partial charge in [0.1, 0.15) is 6.61 Å². The molecule has 0 aliphatic carbocycles. The van der Waals surface area contributed by atoms with Crippen molar-refractivity contribution < 1.29 is 14.3 Å². The fraction of sp³-hybridized carbons (Fsp3) is 0.333. The van der Waals surface area contributed by atoms with E-state index < -0.39 is 0 Å². The van der Waals surface area contributed by atoms with Gasteiger partial charge in [0.2, 0.25) is 11.8 Å². The highest BCUT2D eigenvalue weighted by molar-refractivity contribution is 5.92. The zero-order valence-corrected chi connectivity index (χ0v) is 14.8. The Morgan fingerprint density at radius 2 is 1.58 bits per heavy atom. The van der Waals surface area contributed by atoms with Gasteiger partial charge in [0, 0.05) is 24.7 Å². The van der Waals surface area contributed by atoms with Crippen LogP contribution in [0.15, 0.2) is 60.7 Å². The van der Waals surface area contributed by atoms with Gasteiger partial charge in [-0.2, -0.15) is 0 Å². The predicted octanol–water partition coefficient (Wildman–Crippen LogP) is 3.08. The molecule has 26 heavy (non-hydrogen) atoms. The number of likely N-dealkylation sites (tertiary alicyclic amines) is 1. The van der Waals surface area contributed by atoms with Gasteiger partial charge in [0.05, 0.1) is 6.61 Å². The largest absolute Gasteiger partial charge is 0.367 e. The minimum atomic E-state index is -0.0514. The van der Waals surface area contributed by atoms with Gasteiger partial charge in [-0.1, -0.05) is 48.5 Å². The van der Waals surface area contributed by atoms with Crippen LogP contribution in [0, 0.1) is 5.92 Å². The van der Waals surface area contributed by atoms with Crippen molar-refractivity contribution in [2.45, 2.75) is 19.4 Å². The van der Waals surface area contributed by atoms with E-state index in [0.717, 1.165) is 11.3 Å². The van der Waals surface area contributed by atoms with Crippen molar-refractivity contribution in [1.29, 1.82) is 0 Å². The highest BCUT2D eigenvalue weighted by atomic mass is 16.5. The monoisotopic (exact) mass is 352 g/mol. The number of piperidine rings is 1. The number of amides is 2. The molecule has 0 aromatic heterocycles. The topological polar surface area (TPSA) is 58.6 Å². The third-order valence-corrected chi connectivity index (χ3v) is 4.60. The minimum Gasteiger partial charge on any atom is -0.367 e. The number of carbonyl (C=O) groups is 2. The van der Waals surface area contributed by atoms with Gasteiger partial charge >= 0.3 is 0 Å². The van der Waals surface area contributed by atoms with Crippen molar-refractivity contribution in [1.82, 2.24) is 4.90 Å². The summed E-state index contributed by atoms with van der Waals surface area (Å²) in [5.41, 5.74) is 1.86. The smallest absolute Gasteiger partial charge is 0.248 e. The molecule has 1 N–H and O–H groups in total. The van der Waals surface area contributed by atoms with Crippen LogP contribution in [0.25, 0.3) is 0 Å². The van der Waals surface area contributed by atoms with Gasteiger partial charge in [-0.15, -0.1) is 0 Å². The van der Waals surface area contributed by atoms with Crippen LogP contribution in [0.3, 0.4) is 0 Å². The Labute approximate surface area is 154 Å². The Bertz CT molecular complexity index is 711. The van der Waals surface area contributed by atoms with Gasteiger partial charge < -0.3 is 15.0 Å². The second-order valence-electron chi connectivity index (χ2n) is 6.49. The Morgan fingerprint density at radius 1 is 0.962 bits per heavy atom. The number of rotatable bonds is 6. The summed E-state index contributed by atoms with van der Waals surface area (Å²) in [5, 5.41) is 2.94. The van der Waals surface area contributed by atoms with Crippen molar-refractivity contribution in [2.24, 2.45) is 5.92 Å². The molecule has 5 heteroatoms. The zero-order chi connectivity index (χ0) is 18.2. The first-order valence-corrected chi connectivity index (χ1v) is 8.98. The standard InChI is InChI=1S/C21H24N2O3/c24-20(16-26-15-17-7-3-1-4-8-17)23-13-11-18(12-14-23)21(25)22-19-9-5-2-6-10-19/h1-10,18H,11-16H2,(H,22,25). The maximum absolute atomic E-state index is 12.3. The van der Waals surface area contributed by atoms with E-state index in [1.807, 2.05) is 60.7 Å². The molecular weight excluding hydrogens is 328 g/mol. The molecule has 1 saturated heterocycles. The average molecular weight is 352 g/mol. The molecule has 0 bridgehead atoms. The van der Waals surface area contributed by atoms with E-state index in [0.29, 0.717) is 32.5 Å². The number of hydrogen-bond acceptors (Lipinski definition) is 3. The predicted molar refractivity (Wildman–Crippen MR) is 100 cm³/mol. The molecule has 0 unspecified atom stereocenters. The molecule has 0 atom stereocenters. The van der Waals surface area contributed by atoms with Crippen LogP contribution in [0.5, 0.6) is 0 Å². The molecule has 0 radical (unpaired) electrons. The number of nitrogens with one attached hydrogen (secondary N) is 1. The summed E-state index contributed by atoms with van der Waals surface area (Å²) in [7, 11) is 0. The molecule has 0 spiro atoms. The van der Waals surface area contributed by atoms with E-state index in [4.69, 9.17) is 4.74 Å². The first kappa shape index (κ1) is 18.1. The molecule has 1 aliphatic heterocycles. The van der Waals surface area contributed by atoms with Gasteiger partial charge in [0.15, 0.2) is 0 Å². The van der Waals surface area contributed by atoms with E-state index in [9.17, 15) is 9.59 Å². The van der Waals surface area contributed by atoms with Crippen molar-refractivity contribution >= 4 is 17.5 Å². The lowest BCUT2D eigenvalue weighted by Gasteiger charge is -2.31. The molecule has 1 heterocycles. The number of nitrogens with zero attached hydrogens (tertiary/aromatic N) is 1. The van der Waals surface area contributed by atoms with Crippen LogP contribution in [0.4, 0.5) is 5.69 Å². The third kappa shape index (κ3) is 5.17. The van der Waals surface area contributed by atoms with Crippen LogP contribution in [-0.4, -0.2) is 36.4 Å². The van der Waals surface area contributed by atoms with Crippen molar-refractivity contribution in [2.75, 3.05) is 25.0 Å². The van der Waals surface area contributed by atoms with E-state index in [-0.39, 0.29) is 24.3 Å². The number of para-hydroxylation sites is 1. The molecule has 1 aliphatic rings. The second kappa shape index (κ2) is 9.15. The molecule has 2 aromatic rings. The van der Waals surface area contributed by atoms with Crippen molar-refractivity contribution in [3.63, 3.8) is 0 Å². The van der Waals surface area contributed by atoms with Gasteiger partial charge in [-0.3, -0.25) is 9.59 Å². The Kier molecular flexibility index (Phi) is 6.39. The zero-order valence-electron chi connectivity index (χ0n) is 14.8. The third-order valence-electron chi connectivity index (χ3n) is 4.60. The van der Waals surface area contributed by atoms with Crippen LogP contribution in [-0.2, 0) is 20.9 Å². The lowest BCUT2D eigenvalue weighted by Crippen LogP contribution is -2.42. The molecule has 3 rings (SSSR count). The lowest BCUT2D eigenvalue weighted by atomic mass is 9.95. The summed E-state index contributed by atoms with van der Waals surface area (Å²) in [6, 6.07) is 19.3. The summed E-state index contributed by atoms with van der Waals surface area (Å²) in [4.78, 5) is 26.4. The van der Waals surface area contributed by atoms with E-state index in [2.05, 4.69) is 5.32 Å². The maximum atomic E-state index is 12.3. The second-order valence-corrected chi connectivity index (χ2v) is 6.49. The number of benzene rings is 2. The lowest BCUT2D eigenvalue weighted by molar-refractivity contribution is -0.139. The molecule has 136 valence electrons.